The van der Waals surface area contributed by atoms with Gasteiger partial charge in [0.15, 0.2) is 0 Å². The molecule has 0 spiro atoms. The van der Waals surface area contributed by atoms with Gasteiger partial charge in [-0.05, 0) is 66.8 Å². The number of nitrogens with zero attached hydrogens (tertiary/aromatic N) is 1. The highest BCUT2D eigenvalue weighted by molar-refractivity contribution is 6.32. The molecule has 0 radical (unpaired) electrons. The molecule has 25 heavy (non-hydrogen) atoms. The number of hydrogen-bond acceptors (Lipinski definition) is 2. The zero-order chi connectivity index (χ0) is 17.2. The van der Waals surface area contributed by atoms with Crippen molar-refractivity contribution < 1.29 is 4.79 Å². The number of carbonyl (C=O) groups excluding carboxylic acids is 1. The van der Waals surface area contributed by atoms with Crippen molar-refractivity contribution in [1.82, 2.24) is 4.90 Å². The van der Waals surface area contributed by atoms with Crippen LogP contribution in [0.25, 0.3) is 6.08 Å². The molecule has 2 aromatic carbocycles. The number of hydrogen-bond donors (Lipinski definition) is 1. The molecule has 2 heterocycles. The van der Waals surface area contributed by atoms with Crippen LogP contribution in [0, 0.1) is 0 Å². The lowest BCUT2D eigenvalue weighted by Crippen LogP contribution is -2.30. The number of nitrogens with one attached hydrogen (secondary N) is 1. The number of benzene rings is 2. The minimum atomic E-state index is -0.140. The maximum atomic E-state index is 12.2. The van der Waals surface area contributed by atoms with E-state index < -0.39 is 0 Å². The lowest BCUT2D eigenvalue weighted by molar-refractivity contribution is -0.111. The molecule has 0 aromatic heterocycles. The van der Waals surface area contributed by atoms with Gasteiger partial charge in [-0.3, -0.25) is 9.69 Å². The van der Waals surface area contributed by atoms with E-state index in [2.05, 4.69) is 22.3 Å². The van der Waals surface area contributed by atoms with Gasteiger partial charge in [0.25, 0.3) is 0 Å². The first-order valence-corrected chi connectivity index (χ1v) is 9.19. The Kier molecular flexibility index (Phi) is 4.60. The van der Waals surface area contributed by atoms with Crippen LogP contribution in [0.4, 0.5) is 5.69 Å². The summed E-state index contributed by atoms with van der Waals surface area (Å²) in [5.74, 6) is -0.140. The van der Waals surface area contributed by atoms with Gasteiger partial charge in [0.2, 0.25) is 5.91 Å². The fourth-order valence-corrected chi connectivity index (χ4v) is 4.08. The monoisotopic (exact) mass is 352 g/mol. The van der Waals surface area contributed by atoms with E-state index in [1.807, 2.05) is 30.3 Å². The zero-order valence-corrected chi connectivity index (χ0v) is 14.8. The first kappa shape index (κ1) is 16.4. The highest BCUT2D eigenvalue weighted by atomic mass is 35.5. The third kappa shape index (κ3) is 3.48. The molecule has 1 fully saturated rings. The first-order chi connectivity index (χ1) is 12.2. The van der Waals surface area contributed by atoms with Crippen LogP contribution in [0.5, 0.6) is 0 Å². The Hall–Kier alpha value is -2.10. The molecule has 128 valence electrons. The van der Waals surface area contributed by atoms with Crippen molar-refractivity contribution in [2.45, 2.75) is 25.3 Å². The second-order valence-corrected chi connectivity index (χ2v) is 7.11. The molecule has 4 heteroatoms. The standard InChI is InChI=1S/C21H21ClN2O/c22-19-5-2-1-4-16(19)8-10-21(25)23-17-9-7-15-11-13-24-12-3-6-20(24)18(15)14-17/h1-2,4-5,7-10,14,20H,3,6,11-13H2,(H,23,25). The highest BCUT2D eigenvalue weighted by Gasteiger charge is 2.31. The Morgan fingerprint density at radius 3 is 2.96 bits per heavy atom. The van der Waals surface area contributed by atoms with Gasteiger partial charge in [0.1, 0.15) is 0 Å². The van der Waals surface area contributed by atoms with Crippen LogP contribution >= 0.6 is 11.6 Å². The molecule has 3 nitrogen and oxygen atoms in total. The lowest BCUT2D eigenvalue weighted by Gasteiger charge is -2.32. The van der Waals surface area contributed by atoms with Crippen LogP contribution < -0.4 is 5.32 Å². The van der Waals surface area contributed by atoms with E-state index in [1.165, 1.54) is 36.6 Å². The number of halogens is 1. The topological polar surface area (TPSA) is 32.3 Å². The van der Waals surface area contributed by atoms with Crippen molar-refractivity contribution in [3.63, 3.8) is 0 Å². The number of carbonyl (C=O) groups is 1. The summed E-state index contributed by atoms with van der Waals surface area (Å²) in [5, 5.41) is 3.61. The van der Waals surface area contributed by atoms with Crippen LogP contribution in [-0.4, -0.2) is 23.9 Å². The number of fused-ring (bicyclic) bond motifs is 3. The summed E-state index contributed by atoms with van der Waals surface area (Å²) in [5.41, 5.74) is 4.51. The van der Waals surface area contributed by atoms with Crippen molar-refractivity contribution in [2.24, 2.45) is 0 Å². The van der Waals surface area contributed by atoms with Crippen molar-refractivity contribution in [3.8, 4) is 0 Å². The molecular weight excluding hydrogens is 332 g/mol. The number of anilines is 1. The Balaban J connectivity index is 1.49. The molecule has 1 unspecified atom stereocenters. The maximum Gasteiger partial charge on any atom is 0.248 e. The molecule has 0 bridgehead atoms. The fourth-order valence-electron chi connectivity index (χ4n) is 3.88. The van der Waals surface area contributed by atoms with Gasteiger partial charge in [-0.15, -0.1) is 0 Å². The Labute approximate surface area is 153 Å². The second-order valence-electron chi connectivity index (χ2n) is 6.70. The third-order valence-corrected chi connectivity index (χ3v) is 5.47. The van der Waals surface area contributed by atoms with Crippen LogP contribution in [0.2, 0.25) is 5.02 Å². The quantitative estimate of drug-likeness (QED) is 0.813. The summed E-state index contributed by atoms with van der Waals surface area (Å²) in [6, 6.07) is 14.3. The number of rotatable bonds is 3. The van der Waals surface area contributed by atoms with Gasteiger partial charge < -0.3 is 5.32 Å². The van der Waals surface area contributed by atoms with E-state index in [0.717, 1.165) is 24.2 Å². The van der Waals surface area contributed by atoms with Gasteiger partial charge in [-0.25, -0.2) is 0 Å². The zero-order valence-electron chi connectivity index (χ0n) is 14.0. The van der Waals surface area contributed by atoms with Gasteiger partial charge in [0, 0.05) is 29.4 Å². The summed E-state index contributed by atoms with van der Waals surface area (Å²) in [6.07, 6.45) is 6.86. The maximum absolute atomic E-state index is 12.2. The average molecular weight is 353 g/mol. The summed E-state index contributed by atoms with van der Waals surface area (Å²) in [6.45, 7) is 2.35. The average Bonchev–Trinajstić information content (AvgIpc) is 3.10. The molecule has 2 aliphatic rings. The van der Waals surface area contributed by atoms with Gasteiger partial charge in [0.05, 0.1) is 0 Å². The molecule has 2 aliphatic heterocycles. The summed E-state index contributed by atoms with van der Waals surface area (Å²) < 4.78 is 0. The minimum Gasteiger partial charge on any atom is -0.323 e. The van der Waals surface area contributed by atoms with Gasteiger partial charge in [-0.1, -0.05) is 35.9 Å². The molecule has 1 N–H and O–H groups in total. The smallest absolute Gasteiger partial charge is 0.248 e. The van der Waals surface area contributed by atoms with Crippen LogP contribution in [-0.2, 0) is 11.2 Å². The van der Waals surface area contributed by atoms with Crippen LogP contribution in [0.3, 0.4) is 0 Å². The predicted octanol–water partition coefficient (Wildman–Crippen LogP) is 4.68. The Morgan fingerprint density at radius 2 is 2.08 bits per heavy atom. The molecule has 0 saturated carbocycles. The highest BCUT2D eigenvalue weighted by Crippen LogP contribution is 2.38. The predicted molar refractivity (Wildman–Crippen MR) is 103 cm³/mol. The number of amides is 1. The van der Waals surface area contributed by atoms with E-state index in [9.17, 15) is 4.79 Å². The van der Waals surface area contributed by atoms with E-state index in [4.69, 9.17) is 11.6 Å². The van der Waals surface area contributed by atoms with E-state index in [0.29, 0.717) is 11.1 Å². The van der Waals surface area contributed by atoms with E-state index in [1.54, 1.807) is 6.08 Å². The second kappa shape index (κ2) is 7.03. The van der Waals surface area contributed by atoms with Gasteiger partial charge >= 0.3 is 0 Å². The molecule has 2 aromatic rings. The first-order valence-electron chi connectivity index (χ1n) is 8.81. The van der Waals surface area contributed by atoms with Crippen molar-refractivity contribution in [2.75, 3.05) is 18.4 Å². The van der Waals surface area contributed by atoms with Crippen LogP contribution in [0.15, 0.2) is 48.5 Å². The third-order valence-electron chi connectivity index (χ3n) is 5.12. The van der Waals surface area contributed by atoms with E-state index >= 15 is 0 Å². The van der Waals surface area contributed by atoms with Gasteiger partial charge in [-0.2, -0.15) is 0 Å². The molecule has 4 rings (SSSR count). The summed E-state index contributed by atoms with van der Waals surface area (Å²) in [7, 11) is 0. The molecular formula is C21H21ClN2O. The summed E-state index contributed by atoms with van der Waals surface area (Å²) >= 11 is 6.11. The normalized spacial score (nSPS) is 19.6. The largest absolute Gasteiger partial charge is 0.323 e. The van der Waals surface area contributed by atoms with Crippen molar-refractivity contribution in [1.29, 1.82) is 0 Å². The molecule has 1 atom stereocenters. The van der Waals surface area contributed by atoms with Crippen molar-refractivity contribution in [3.05, 3.63) is 70.3 Å². The molecule has 1 amide bonds. The molecule has 1 saturated heterocycles. The summed E-state index contributed by atoms with van der Waals surface area (Å²) in [4.78, 5) is 14.8. The van der Waals surface area contributed by atoms with E-state index in [-0.39, 0.29) is 5.91 Å². The fraction of sp³-hybridized carbons (Fsp3) is 0.286. The SMILES string of the molecule is O=C(C=Cc1ccccc1Cl)Nc1ccc2c(c1)C1CCCN1CC2. The minimum absolute atomic E-state index is 0.140. The van der Waals surface area contributed by atoms with Crippen LogP contribution in [0.1, 0.15) is 35.6 Å². The Bertz CT molecular complexity index is 830. The lowest BCUT2D eigenvalue weighted by atomic mass is 9.92. The Morgan fingerprint density at radius 1 is 1.20 bits per heavy atom. The van der Waals surface area contributed by atoms with Crippen molar-refractivity contribution >= 4 is 29.3 Å². The molecule has 0 aliphatic carbocycles.